The van der Waals surface area contributed by atoms with Gasteiger partial charge in [0.2, 0.25) is 35.4 Å². The molecular formula is C65H85F2N8O13PS2. The second-order valence-corrected chi connectivity index (χ2v) is 29.6. The number of carbonyl (C=O) groups is 7. The first-order valence-electron chi connectivity index (χ1n) is 30.9. The summed E-state index contributed by atoms with van der Waals surface area (Å²) in [5, 5.41) is 22.5. The van der Waals surface area contributed by atoms with Crippen molar-refractivity contribution in [1.29, 1.82) is 0 Å². The molecule has 8 rings (SSSR count). The molecule has 3 aliphatic heterocycles. The summed E-state index contributed by atoms with van der Waals surface area (Å²) in [7, 11) is -5.87. The molecule has 0 saturated carbocycles. The lowest BCUT2D eigenvalue weighted by atomic mass is 9.85. The number of nitrogens with one attached hydrogen (secondary N) is 4. The Morgan fingerprint density at radius 2 is 1.43 bits per heavy atom. The Bertz CT molecular complexity index is 3440. The molecular weight excluding hydrogens is 1230 g/mol. The number of rotatable bonds is 25. The second kappa shape index (κ2) is 30.0. The molecule has 7 amide bonds. The van der Waals surface area contributed by atoms with Crippen LogP contribution < -0.4 is 21.3 Å². The number of aromatic nitrogens is 1. The number of aryl methyl sites for hydroxylation is 1. The summed E-state index contributed by atoms with van der Waals surface area (Å²) >= 11 is 2.50. The molecule has 494 valence electrons. The third-order valence-electron chi connectivity index (χ3n) is 16.9. The number of thiophene rings is 1. The number of morpholine rings is 1. The van der Waals surface area contributed by atoms with E-state index in [1.807, 2.05) is 89.2 Å². The molecule has 0 radical (unpaired) electrons. The quantitative estimate of drug-likeness (QED) is 0.0213. The van der Waals surface area contributed by atoms with Crippen LogP contribution in [0.4, 0.5) is 8.78 Å². The minimum absolute atomic E-state index is 0.0337. The number of thiazole rings is 1. The van der Waals surface area contributed by atoms with Crippen LogP contribution in [0.15, 0.2) is 84.4 Å². The van der Waals surface area contributed by atoms with Gasteiger partial charge in [-0.05, 0) is 77.8 Å². The molecule has 5 heterocycles. The lowest BCUT2D eigenvalue weighted by Crippen LogP contribution is -2.58. The Kier molecular flexibility index (Phi) is 23.2. The number of nitrogens with zero attached hydrogens (tertiary/aromatic N) is 4. The maximum atomic E-state index is 14.9. The molecule has 0 bridgehead atoms. The van der Waals surface area contributed by atoms with Gasteiger partial charge in [0.1, 0.15) is 36.9 Å². The fraction of sp³-hybridized carbons (Fsp3) is 0.538. The van der Waals surface area contributed by atoms with Crippen LogP contribution in [0.25, 0.3) is 20.5 Å². The summed E-state index contributed by atoms with van der Waals surface area (Å²) in [5.74, 6) is -3.14. The fourth-order valence-electron chi connectivity index (χ4n) is 11.7. The maximum Gasteiger partial charge on any atom is 0.399 e. The molecule has 3 aromatic carbocycles. The Labute approximate surface area is 537 Å². The van der Waals surface area contributed by atoms with E-state index in [-0.39, 0.29) is 98.6 Å². The molecule has 3 saturated heterocycles. The highest BCUT2D eigenvalue weighted by Gasteiger charge is 2.51. The van der Waals surface area contributed by atoms with Crippen molar-refractivity contribution >= 4 is 81.7 Å². The highest BCUT2D eigenvalue weighted by atomic mass is 32.1. The first kappa shape index (κ1) is 70.3. The number of halogens is 2. The molecule has 7 N–H and O–H groups in total. The van der Waals surface area contributed by atoms with Crippen LogP contribution in [0.3, 0.4) is 0 Å². The van der Waals surface area contributed by atoms with Gasteiger partial charge in [0.05, 0.1) is 52.4 Å². The molecule has 26 heteroatoms. The molecule has 3 aliphatic rings. The van der Waals surface area contributed by atoms with E-state index >= 15 is 0 Å². The van der Waals surface area contributed by atoms with Crippen LogP contribution in [0.1, 0.15) is 150 Å². The van der Waals surface area contributed by atoms with Crippen LogP contribution in [0.2, 0.25) is 0 Å². The SMILES string of the molecule is Cc1ncsc1-c1ccc([C@H](C)NC(=O)[C@@H]2C[C@@H](O)CN2C(=O)[C@@H](NC(=O)CCCCCCCCNC(=O)CO[C@H]2C[C@@H](C(=O)N3CCO[C@H](c4ccccc4)C3)N(C(=O)[C@@H](NC(=O)c3cc4cc(C(F)(F)P(=O)(O)O)ccc4s3)C(C)(C)C)C2)C(C)(C)C)cc1. The van der Waals surface area contributed by atoms with Gasteiger partial charge in [-0.1, -0.05) is 128 Å². The Morgan fingerprint density at radius 3 is 2.08 bits per heavy atom. The molecule has 0 unspecified atom stereocenters. The second-order valence-electron chi connectivity index (χ2n) is 26.1. The highest BCUT2D eigenvalue weighted by molar-refractivity contribution is 7.52. The largest absolute Gasteiger partial charge is 0.399 e. The molecule has 91 heavy (non-hydrogen) atoms. The van der Waals surface area contributed by atoms with E-state index in [0.29, 0.717) is 24.1 Å². The molecule has 21 nitrogen and oxygen atoms in total. The van der Waals surface area contributed by atoms with Gasteiger partial charge in [0, 0.05) is 55.7 Å². The number of hydrogen-bond donors (Lipinski definition) is 7. The molecule has 3 fully saturated rings. The van der Waals surface area contributed by atoms with Crippen molar-refractivity contribution in [2.45, 2.75) is 167 Å². The number of benzene rings is 3. The van der Waals surface area contributed by atoms with Gasteiger partial charge in [-0.2, -0.15) is 8.78 Å². The summed E-state index contributed by atoms with van der Waals surface area (Å²) in [6, 6.07) is 17.2. The van der Waals surface area contributed by atoms with Crippen LogP contribution in [0.5, 0.6) is 0 Å². The predicted octanol–water partition coefficient (Wildman–Crippen LogP) is 8.51. The van der Waals surface area contributed by atoms with Crippen LogP contribution in [0, 0.1) is 17.8 Å². The van der Waals surface area contributed by atoms with Crippen molar-refractivity contribution in [2.75, 3.05) is 45.9 Å². The fourth-order valence-corrected chi connectivity index (χ4v) is 13.9. The number of carbonyl (C=O) groups excluding carboxylic acids is 7. The van der Waals surface area contributed by atoms with Crippen molar-refractivity contribution in [1.82, 2.24) is 41.0 Å². The predicted molar refractivity (Wildman–Crippen MR) is 342 cm³/mol. The normalized spacial score (nSPS) is 20.1. The zero-order valence-electron chi connectivity index (χ0n) is 52.7. The number of ether oxygens (including phenoxy) is 2. The van der Waals surface area contributed by atoms with E-state index in [9.17, 15) is 61.8 Å². The lowest BCUT2D eigenvalue weighted by Gasteiger charge is -2.38. The maximum absolute atomic E-state index is 14.9. The van der Waals surface area contributed by atoms with Crippen molar-refractivity contribution in [2.24, 2.45) is 10.8 Å². The van der Waals surface area contributed by atoms with E-state index in [1.54, 1.807) is 42.5 Å². The van der Waals surface area contributed by atoms with Gasteiger partial charge in [-0.15, -0.1) is 22.7 Å². The molecule has 0 aliphatic carbocycles. The Hall–Kier alpha value is -6.57. The number of β-amino-alcohol motifs (C(OH)–C–C–N with tert-alkyl or cyclic N) is 1. The zero-order chi connectivity index (χ0) is 66.2. The number of alkyl halides is 2. The smallest absolute Gasteiger partial charge is 0.391 e. The van der Waals surface area contributed by atoms with E-state index in [2.05, 4.69) is 26.3 Å². The molecule has 2 aromatic heterocycles. The number of likely N-dealkylation sites (tertiary alicyclic amines) is 2. The summed E-state index contributed by atoms with van der Waals surface area (Å²) < 4.78 is 53.4. The van der Waals surface area contributed by atoms with Gasteiger partial charge >= 0.3 is 13.3 Å². The third kappa shape index (κ3) is 17.8. The third-order valence-corrected chi connectivity index (χ3v) is 20.0. The minimum Gasteiger partial charge on any atom is -0.391 e. The van der Waals surface area contributed by atoms with Crippen LogP contribution >= 0.6 is 30.3 Å². The molecule has 5 aromatic rings. The summed E-state index contributed by atoms with van der Waals surface area (Å²) in [6.45, 7) is 15.2. The zero-order valence-corrected chi connectivity index (χ0v) is 55.3. The monoisotopic (exact) mass is 1320 g/mol. The van der Waals surface area contributed by atoms with Crippen molar-refractivity contribution in [3.8, 4) is 10.4 Å². The van der Waals surface area contributed by atoms with Crippen molar-refractivity contribution in [3.05, 3.63) is 112 Å². The van der Waals surface area contributed by atoms with E-state index in [1.165, 1.54) is 21.9 Å². The number of amides is 7. The first-order valence-corrected chi connectivity index (χ1v) is 34.2. The van der Waals surface area contributed by atoms with E-state index in [0.717, 1.165) is 76.4 Å². The summed E-state index contributed by atoms with van der Waals surface area (Å²) in [4.78, 5) is 127. The number of aliphatic hydroxyl groups excluding tert-OH is 1. The van der Waals surface area contributed by atoms with E-state index in [4.69, 9.17) is 9.47 Å². The molecule has 0 spiro atoms. The number of fused-ring (bicyclic) bond motifs is 1. The van der Waals surface area contributed by atoms with Crippen molar-refractivity contribution < 1.29 is 71.3 Å². The average Bonchev–Trinajstić information content (AvgIpc) is 1.90. The van der Waals surface area contributed by atoms with E-state index < -0.39 is 89.9 Å². The highest BCUT2D eigenvalue weighted by Crippen LogP contribution is 2.59. The Balaban J connectivity index is 0.788. The average molecular weight is 1320 g/mol. The van der Waals surface area contributed by atoms with Gasteiger partial charge in [-0.3, -0.25) is 38.1 Å². The summed E-state index contributed by atoms with van der Waals surface area (Å²) in [6.07, 6.45) is 2.73. The van der Waals surface area contributed by atoms with Gasteiger partial charge in [0.25, 0.3) is 5.91 Å². The first-order chi connectivity index (χ1) is 42.9. The van der Waals surface area contributed by atoms with Gasteiger partial charge in [-0.25, -0.2) is 4.98 Å². The van der Waals surface area contributed by atoms with Crippen LogP contribution in [-0.2, 0) is 48.5 Å². The standard InChI is InChI=1S/C65H85F2N8O13PS2/c1-39(41-21-23-43(24-22-41)55-40(2)69-38-90-55)70-58(79)48-32-46(76)34-74(48)61(82)56(63(3,4)5)71-53(77)20-16-11-9-10-12-17-27-68-54(78)37-88-47-33-49(60(81)73-28-29-87-50(36-73)42-18-14-13-15-19-42)75(35-47)62(83)57(64(6,7)8)72-59(80)52-31-44-30-45(25-26-51(44)91-52)65(66,67)89(84,85)86/h13-15,18-19,21-26,30-31,38-39,46-50,56-57,76H,9-12,16-17,20,27-29,32-37H2,1-8H3,(H,68,78)(H,70,79)(H,71,77)(H,72,80)(H2,84,85,86)/t39-,46+,47-,48-,49-,50-,56+,57+/m0/s1. The number of hydrogen-bond acceptors (Lipinski definition) is 14. The number of aliphatic hydroxyl groups is 1. The topological polar surface area (TPSA) is 286 Å². The van der Waals surface area contributed by atoms with Gasteiger partial charge in [0.15, 0.2) is 0 Å². The van der Waals surface area contributed by atoms with Gasteiger partial charge < -0.3 is 60.3 Å². The van der Waals surface area contributed by atoms with Crippen LogP contribution in [-0.4, -0.2) is 158 Å². The number of unbranched alkanes of at least 4 members (excludes halogenated alkanes) is 5. The summed E-state index contributed by atoms with van der Waals surface area (Å²) in [5.41, 5.74) is -1.50. The lowest BCUT2D eigenvalue weighted by molar-refractivity contribution is -0.150. The Morgan fingerprint density at radius 1 is 0.780 bits per heavy atom. The minimum atomic E-state index is -5.87. The van der Waals surface area contributed by atoms with Crippen molar-refractivity contribution in [3.63, 3.8) is 0 Å². The molecule has 8 atom stereocenters.